The van der Waals surface area contributed by atoms with E-state index in [-0.39, 0.29) is 13.0 Å². The van der Waals surface area contributed by atoms with Gasteiger partial charge < -0.3 is 9.64 Å². The van der Waals surface area contributed by atoms with Crippen molar-refractivity contribution in [1.82, 2.24) is 4.90 Å². The first kappa shape index (κ1) is 15.9. The molecule has 1 aliphatic heterocycles. The zero-order valence-corrected chi connectivity index (χ0v) is 13.3. The fourth-order valence-electron chi connectivity index (χ4n) is 3.19. The van der Waals surface area contributed by atoms with Gasteiger partial charge in [-0.2, -0.15) is 13.2 Å². The number of hydrogen-bond acceptors (Lipinski definition) is 2. The summed E-state index contributed by atoms with van der Waals surface area (Å²) in [6.45, 7) is 5.70. The molecule has 0 aromatic rings. The van der Waals surface area contributed by atoms with Crippen LogP contribution < -0.4 is 0 Å². The number of halogens is 4. The van der Waals surface area contributed by atoms with Gasteiger partial charge in [-0.1, -0.05) is 15.9 Å². The Bertz CT molecular complexity index is 407. The summed E-state index contributed by atoms with van der Waals surface area (Å²) >= 11 is 3.31. The Balaban J connectivity index is 2.07. The monoisotopic (exact) mass is 357 g/mol. The second-order valence-corrected chi connectivity index (χ2v) is 7.38. The molecule has 116 valence electrons. The average molecular weight is 358 g/mol. The molecule has 3 nitrogen and oxygen atoms in total. The van der Waals surface area contributed by atoms with Crippen molar-refractivity contribution in [2.24, 2.45) is 17.3 Å². The van der Waals surface area contributed by atoms with E-state index in [0.29, 0.717) is 11.9 Å². The zero-order valence-electron chi connectivity index (χ0n) is 11.8. The van der Waals surface area contributed by atoms with Crippen LogP contribution in [0, 0.1) is 17.3 Å². The van der Waals surface area contributed by atoms with Crippen LogP contribution in [0.5, 0.6) is 0 Å². The summed E-state index contributed by atoms with van der Waals surface area (Å²) in [5.74, 6) is -1.82. The van der Waals surface area contributed by atoms with Crippen LogP contribution in [0.25, 0.3) is 0 Å². The number of rotatable bonds is 1. The quantitative estimate of drug-likeness (QED) is 0.667. The van der Waals surface area contributed by atoms with E-state index in [1.54, 1.807) is 20.8 Å². The van der Waals surface area contributed by atoms with Crippen molar-refractivity contribution in [2.75, 3.05) is 18.4 Å². The van der Waals surface area contributed by atoms with Gasteiger partial charge in [-0.05, 0) is 33.1 Å². The molecule has 0 unspecified atom stereocenters. The Morgan fingerprint density at radius 2 is 2.00 bits per heavy atom. The van der Waals surface area contributed by atoms with E-state index in [0.717, 1.165) is 0 Å². The Labute approximate surface area is 125 Å². The maximum absolute atomic E-state index is 12.9. The topological polar surface area (TPSA) is 29.5 Å². The van der Waals surface area contributed by atoms with Gasteiger partial charge in [0.2, 0.25) is 0 Å². The Morgan fingerprint density at radius 1 is 1.40 bits per heavy atom. The highest BCUT2D eigenvalue weighted by Crippen LogP contribution is 2.61. The molecule has 2 aliphatic rings. The Morgan fingerprint density at radius 3 is 2.45 bits per heavy atom. The van der Waals surface area contributed by atoms with Crippen LogP contribution in [-0.4, -0.2) is 41.2 Å². The molecule has 2 rings (SSSR count). The maximum atomic E-state index is 12.9. The van der Waals surface area contributed by atoms with Crippen molar-refractivity contribution in [3.63, 3.8) is 0 Å². The van der Waals surface area contributed by atoms with Gasteiger partial charge in [-0.25, -0.2) is 4.79 Å². The molecule has 0 spiro atoms. The lowest BCUT2D eigenvalue weighted by Crippen LogP contribution is -2.54. The lowest BCUT2D eigenvalue weighted by atomic mass is 9.56. The van der Waals surface area contributed by atoms with E-state index in [4.69, 9.17) is 4.74 Å². The molecule has 20 heavy (non-hydrogen) atoms. The van der Waals surface area contributed by atoms with Gasteiger partial charge in [0.1, 0.15) is 5.60 Å². The van der Waals surface area contributed by atoms with Gasteiger partial charge in [-0.3, -0.25) is 0 Å². The number of fused-ring (bicyclic) bond motifs is 1. The van der Waals surface area contributed by atoms with Gasteiger partial charge in [-0.15, -0.1) is 0 Å². The standard InChI is InChI=1S/C13H19BrF3NO2/c1-11(2,3)20-10(19)18-5-9-8(13(15,16)17)4-12(9,6-14)7-18/h8-9H,4-7H2,1-3H3/t8-,9+,12-/m0/s1. The lowest BCUT2D eigenvalue weighted by molar-refractivity contribution is -0.236. The van der Waals surface area contributed by atoms with Crippen LogP contribution in [0.2, 0.25) is 0 Å². The summed E-state index contributed by atoms with van der Waals surface area (Å²) in [6.07, 6.45) is -4.61. The van der Waals surface area contributed by atoms with Crippen LogP contribution in [-0.2, 0) is 4.74 Å². The molecular formula is C13H19BrF3NO2. The highest BCUT2D eigenvalue weighted by Gasteiger charge is 2.66. The number of carbonyl (C=O) groups excluding carboxylic acids is 1. The van der Waals surface area contributed by atoms with Crippen molar-refractivity contribution >= 4 is 22.0 Å². The fraction of sp³-hybridized carbons (Fsp3) is 0.923. The molecule has 7 heteroatoms. The van der Waals surface area contributed by atoms with Gasteiger partial charge in [0.25, 0.3) is 0 Å². The predicted molar refractivity (Wildman–Crippen MR) is 71.7 cm³/mol. The molecule has 1 aliphatic carbocycles. The largest absolute Gasteiger partial charge is 0.444 e. The normalized spacial score (nSPS) is 33.6. The van der Waals surface area contributed by atoms with Gasteiger partial charge in [0, 0.05) is 23.8 Å². The minimum atomic E-state index is -4.18. The van der Waals surface area contributed by atoms with E-state index in [1.165, 1.54) is 4.90 Å². The summed E-state index contributed by atoms with van der Waals surface area (Å²) in [5, 5.41) is 0.483. The first-order chi connectivity index (χ1) is 8.98. The van der Waals surface area contributed by atoms with Crippen LogP contribution in [0.4, 0.5) is 18.0 Å². The van der Waals surface area contributed by atoms with Gasteiger partial charge >= 0.3 is 12.3 Å². The smallest absolute Gasteiger partial charge is 0.410 e. The minimum absolute atomic E-state index is 0.0890. The molecule has 0 N–H and O–H groups in total. The van der Waals surface area contributed by atoms with Crippen LogP contribution in [0.15, 0.2) is 0 Å². The van der Waals surface area contributed by atoms with E-state index in [1.807, 2.05) is 0 Å². The Hall–Kier alpha value is -0.460. The average Bonchev–Trinajstić information content (AvgIpc) is 2.49. The van der Waals surface area contributed by atoms with Crippen molar-refractivity contribution in [1.29, 1.82) is 0 Å². The first-order valence-corrected chi connectivity index (χ1v) is 7.71. The summed E-state index contributed by atoms with van der Waals surface area (Å²) < 4.78 is 43.9. The molecule has 1 heterocycles. The molecule has 0 radical (unpaired) electrons. The number of nitrogens with zero attached hydrogens (tertiary/aromatic N) is 1. The van der Waals surface area contributed by atoms with E-state index in [2.05, 4.69) is 15.9 Å². The zero-order chi connectivity index (χ0) is 15.3. The highest BCUT2D eigenvalue weighted by molar-refractivity contribution is 9.09. The lowest BCUT2D eigenvalue weighted by Gasteiger charge is -2.50. The SMILES string of the molecule is CC(C)(C)OC(=O)N1C[C@@H]2[C@@H](C(F)(F)F)C[C@]2(CBr)C1. The number of amides is 1. The van der Waals surface area contributed by atoms with Gasteiger partial charge in [0.05, 0.1) is 5.92 Å². The van der Waals surface area contributed by atoms with Crippen LogP contribution >= 0.6 is 15.9 Å². The third-order valence-corrected chi connectivity index (χ3v) is 5.28. The van der Waals surface area contributed by atoms with Crippen LogP contribution in [0.1, 0.15) is 27.2 Å². The molecule has 0 bridgehead atoms. The number of ether oxygens (including phenoxy) is 1. The third kappa shape index (κ3) is 2.78. The number of likely N-dealkylation sites (tertiary alicyclic amines) is 1. The molecule has 1 saturated carbocycles. The van der Waals surface area contributed by atoms with E-state index < -0.39 is 35.1 Å². The summed E-state index contributed by atoms with van der Waals surface area (Å²) in [6, 6.07) is 0. The number of hydrogen-bond donors (Lipinski definition) is 0. The van der Waals surface area contributed by atoms with E-state index >= 15 is 0 Å². The number of carbonyl (C=O) groups is 1. The van der Waals surface area contributed by atoms with Gasteiger partial charge in [0.15, 0.2) is 0 Å². The molecule has 1 amide bonds. The van der Waals surface area contributed by atoms with Crippen molar-refractivity contribution < 1.29 is 22.7 Å². The minimum Gasteiger partial charge on any atom is -0.444 e. The molecule has 1 saturated heterocycles. The second-order valence-electron chi connectivity index (χ2n) is 6.82. The molecular weight excluding hydrogens is 339 g/mol. The Kier molecular flexibility index (Phi) is 3.81. The third-order valence-electron chi connectivity index (χ3n) is 4.16. The molecule has 2 fully saturated rings. The fourth-order valence-corrected chi connectivity index (χ4v) is 4.01. The highest BCUT2D eigenvalue weighted by atomic mass is 79.9. The maximum Gasteiger partial charge on any atom is 0.410 e. The van der Waals surface area contributed by atoms with E-state index in [9.17, 15) is 18.0 Å². The summed E-state index contributed by atoms with van der Waals surface area (Å²) in [4.78, 5) is 13.4. The van der Waals surface area contributed by atoms with Crippen LogP contribution in [0.3, 0.4) is 0 Å². The second kappa shape index (κ2) is 4.78. The summed E-state index contributed by atoms with van der Waals surface area (Å²) in [5.41, 5.74) is -1.08. The van der Waals surface area contributed by atoms with Crippen molar-refractivity contribution in [2.45, 2.75) is 39.0 Å². The van der Waals surface area contributed by atoms with Crippen molar-refractivity contribution in [3.05, 3.63) is 0 Å². The first-order valence-electron chi connectivity index (χ1n) is 6.59. The summed E-state index contributed by atoms with van der Waals surface area (Å²) in [7, 11) is 0. The molecule has 0 aromatic carbocycles. The molecule has 3 atom stereocenters. The van der Waals surface area contributed by atoms with Crippen molar-refractivity contribution in [3.8, 4) is 0 Å². The number of alkyl halides is 4. The predicted octanol–water partition coefficient (Wildman–Crippen LogP) is 3.82. The molecule has 0 aromatic heterocycles.